The van der Waals surface area contributed by atoms with Crippen LogP contribution in [-0.4, -0.2) is 60.6 Å². The molecule has 5 heteroatoms. The van der Waals surface area contributed by atoms with E-state index in [-0.39, 0.29) is 11.9 Å². The molecule has 0 bridgehead atoms. The largest absolute Gasteiger partial charge is 0.378 e. The molecule has 5 nitrogen and oxygen atoms in total. The van der Waals surface area contributed by atoms with Gasteiger partial charge in [-0.15, -0.1) is 0 Å². The van der Waals surface area contributed by atoms with Crippen molar-refractivity contribution in [3.05, 3.63) is 30.1 Å². The topological polar surface area (TPSA) is 45.7 Å². The molecule has 1 amide bonds. The van der Waals surface area contributed by atoms with Gasteiger partial charge in [-0.25, -0.2) is 0 Å². The number of morpholine rings is 1. The van der Waals surface area contributed by atoms with E-state index in [0.29, 0.717) is 19.6 Å². The zero-order valence-corrected chi connectivity index (χ0v) is 12.3. The van der Waals surface area contributed by atoms with Gasteiger partial charge in [0.1, 0.15) is 0 Å². The van der Waals surface area contributed by atoms with E-state index in [9.17, 15) is 4.79 Å². The number of rotatable bonds is 5. The van der Waals surface area contributed by atoms with Gasteiger partial charge in [0, 0.05) is 44.5 Å². The smallest absolute Gasteiger partial charge is 0.224 e. The maximum absolute atomic E-state index is 12.1. The summed E-state index contributed by atoms with van der Waals surface area (Å²) in [7, 11) is 2.05. The van der Waals surface area contributed by atoms with E-state index >= 15 is 0 Å². The maximum Gasteiger partial charge on any atom is 0.224 e. The van der Waals surface area contributed by atoms with E-state index in [1.165, 1.54) is 5.56 Å². The normalized spacial score (nSPS) is 17.2. The summed E-state index contributed by atoms with van der Waals surface area (Å²) in [5, 5.41) is 0. The number of hydrogen-bond acceptors (Lipinski definition) is 4. The number of ether oxygens (including phenoxy) is 1. The Morgan fingerprint density at radius 1 is 1.50 bits per heavy atom. The minimum absolute atomic E-state index is 0.221. The lowest BCUT2D eigenvalue weighted by Gasteiger charge is -2.29. The van der Waals surface area contributed by atoms with Gasteiger partial charge in [0.05, 0.1) is 13.2 Å². The second-order valence-electron chi connectivity index (χ2n) is 5.19. The average molecular weight is 277 g/mol. The van der Waals surface area contributed by atoms with Crippen molar-refractivity contribution in [3.8, 4) is 0 Å². The third-order valence-corrected chi connectivity index (χ3v) is 3.87. The van der Waals surface area contributed by atoms with Gasteiger partial charge < -0.3 is 9.64 Å². The van der Waals surface area contributed by atoms with Crippen molar-refractivity contribution in [1.82, 2.24) is 14.8 Å². The van der Waals surface area contributed by atoms with Crippen LogP contribution in [0.2, 0.25) is 0 Å². The van der Waals surface area contributed by atoms with Crippen molar-refractivity contribution >= 4 is 5.91 Å². The molecule has 0 saturated carbocycles. The highest BCUT2D eigenvalue weighted by Crippen LogP contribution is 2.17. The first-order valence-corrected chi connectivity index (χ1v) is 7.14. The molecule has 110 valence electrons. The van der Waals surface area contributed by atoms with Gasteiger partial charge in [-0.1, -0.05) is 6.07 Å². The molecule has 1 atom stereocenters. The molecule has 0 aliphatic carbocycles. The molecule has 0 unspecified atom stereocenters. The van der Waals surface area contributed by atoms with Crippen LogP contribution < -0.4 is 0 Å². The Balaban J connectivity index is 1.79. The summed E-state index contributed by atoms with van der Waals surface area (Å²) in [6.07, 6.45) is 4.21. The van der Waals surface area contributed by atoms with E-state index in [4.69, 9.17) is 4.74 Å². The molecule has 2 heterocycles. The highest BCUT2D eigenvalue weighted by molar-refractivity contribution is 5.76. The Hall–Kier alpha value is -1.46. The summed E-state index contributed by atoms with van der Waals surface area (Å²) in [5.74, 6) is 0.221. The first-order valence-electron chi connectivity index (χ1n) is 7.14. The Morgan fingerprint density at radius 3 is 2.90 bits per heavy atom. The third kappa shape index (κ3) is 4.02. The zero-order chi connectivity index (χ0) is 14.4. The van der Waals surface area contributed by atoms with Crippen molar-refractivity contribution in [1.29, 1.82) is 0 Å². The zero-order valence-electron chi connectivity index (χ0n) is 12.3. The molecule has 0 spiro atoms. The van der Waals surface area contributed by atoms with Crippen molar-refractivity contribution in [3.63, 3.8) is 0 Å². The molecule has 0 N–H and O–H groups in total. The molecule has 0 aromatic carbocycles. The Kier molecular flexibility index (Phi) is 5.49. The Morgan fingerprint density at radius 2 is 2.25 bits per heavy atom. The minimum Gasteiger partial charge on any atom is -0.378 e. The summed E-state index contributed by atoms with van der Waals surface area (Å²) in [6, 6.07) is 4.28. The lowest BCUT2D eigenvalue weighted by Crippen LogP contribution is -2.41. The number of nitrogens with zero attached hydrogens (tertiary/aromatic N) is 3. The summed E-state index contributed by atoms with van der Waals surface area (Å²) in [4.78, 5) is 20.3. The van der Waals surface area contributed by atoms with Crippen molar-refractivity contribution in [2.75, 3.05) is 39.9 Å². The maximum atomic E-state index is 12.1. The van der Waals surface area contributed by atoms with Gasteiger partial charge in [-0.05, 0) is 25.6 Å². The first-order chi connectivity index (χ1) is 9.68. The van der Waals surface area contributed by atoms with Crippen LogP contribution in [-0.2, 0) is 9.53 Å². The summed E-state index contributed by atoms with van der Waals surface area (Å²) < 4.78 is 5.26. The Bertz CT molecular complexity index is 418. The van der Waals surface area contributed by atoms with Crippen LogP contribution in [0.5, 0.6) is 0 Å². The molecular formula is C15H23N3O2. The van der Waals surface area contributed by atoms with Gasteiger partial charge in [0.15, 0.2) is 0 Å². The van der Waals surface area contributed by atoms with Crippen LogP contribution >= 0.6 is 0 Å². The monoisotopic (exact) mass is 277 g/mol. The summed E-state index contributed by atoms with van der Waals surface area (Å²) in [5.41, 5.74) is 1.17. The van der Waals surface area contributed by atoms with E-state index in [1.54, 1.807) is 6.20 Å². The fourth-order valence-corrected chi connectivity index (χ4v) is 2.31. The van der Waals surface area contributed by atoms with Crippen LogP contribution in [0.1, 0.15) is 24.9 Å². The van der Waals surface area contributed by atoms with Gasteiger partial charge in [0.25, 0.3) is 0 Å². The van der Waals surface area contributed by atoms with E-state index in [2.05, 4.69) is 22.9 Å². The number of carbonyl (C=O) groups excluding carboxylic acids is 1. The Labute approximate surface area is 120 Å². The molecule has 0 radical (unpaired) electrons. The highest BCUT2D eigenvalue weighted by atomic mass is 16.5. The lowest BCUT2D eigenvalue weighted by atomic mass is 10.1. The number of hydrogen-bond donors (Lipinski definition) is 0. The SMILES string of the molecule is C[C@@H](c1cccnc1)N(C)CCC(=O)N1CCOCC1. The van der Waals surface area contributed by atoms with E-state index < -0.39 is 0 Å². The van der Waals surface area contributed by atoms with Crippen LogP contribution in [0.4, 0.5) is 0 Å². The van der Waals surface area contributed by atoms with E-state index in [1.807, 2.05) is 24.2 Å². The average Bonchev–Trinajstić information content (AvgIpc) is 2.53. The molecule has 1 aromatic rings. The molecule has 1 aromatic heterocycles. The van der Waals surface area contributed by atoms with Gasteiger partial charge in [-0.2, -0.15) is 0 Å². The molecule has 1 saturated heterocycles. The number of aromatic nitrogens is 1. The first kappa shape index (κ1) is 14.9. The molecule has 1 aliphatic rings. The summed E-state index contributed by atoms with van der Waals surface area (Å²) in [6.45, 7) is 5.66. The van der Waals surface area contributed by atoms with Crippen LogP contribution in [0.15, 0.2) is 24.5 Å². The predicted octanol–water partition coefficient (Wildman–Crippen LogP) is 1.32. The van der Waals surface area contributed by atoms with Gasteiger partial charge in [-0.3, -0.25) is 14.7 Å². The number of amides is 1. The molecule has 2 rings (SSSR count). The second-order valence-corrected chi connectivity index (χ2v) is 5.19. The third-order valence-electron chi connectivity index (χ3n) is 3.87. The number of pyridine rings is 1. The molecule has 1 fully saturated rings. The highest BCUT2D eigenvalue weighted by Gasteiger charge is 2.18. The predicted molar refractivity (Wildman–Crippen MR) is 77.3 cm³/mol. The molecule has 1 aliphatic heterocycles. The second kappa shape index (κ2) is 7.36. The van der Waals surface area contributed by atoms with Crippen molar-refractivity contribution in [2.24, 2.45) is 0 Å². The van der Waals surface area contributed by atoms with Crippen LogP contribution in [0, 0.1) is 0 Å². The standard InChI is InChI=1S/C15H23N3O2/c1-13(14-4-3-6-16-12-14)17(2)7-5-15(19)18-8-10-20-11-9-18/h3-4,6,12-13H,5,7-11H2,1-2H3/t13-/m0/s1. The quantitative estimate of drug-likeness (QED) is 0.814. The van der Waals surface area contributed by atoms with Crippen molar-refractivity contribution in [2.45, 2.75) is 19.4 Å². The van der Waals surface area contributed by atoms with Crippen LogP contribution in [0.25, 0.3) is 0 Å². The van der Waals surface area contributed by atoms with Gasteiger partial charge in [0.2, 0.25) is 5.91 Å². The summed E-state index contributed by atoms with van der Waals surface area (Å²) >= 11 is 0. The van der Waals surface area contributed by atoms with Crippen LogP contribution in [0.3, 0.4) is 0 Å². The number of carbonyl (C=O) groups is 1. The van der Waals surface area contributed by atoms with E-state index in [0.717, 1.165) is 19.6 Å². The lowest BCUT2D eigenvalue weighted by molar-refractivity contribution is -0.135. The fraction of sp³-hybridized carbons (Fsp3) is 0.600. The minimum atomic E-state index is 0.221. The van der Waals surface area contributed by atoms with Crippen molar-refractivity contribution < 1.29 is 9.53 Å². The molecule has 20 heavy (non-hydrogen) atoms. The molecular weight excluding hydrogens is 254 g/mol. The fourth-order valence-electron chi connectivity index (χ4n) is 2.31. The van der Waals surface area contributed by atoms with Gasteiger partial charge >= 0.3 is 0 Å².